The number of rotatable bonds is 6. The first-order chi connectivity index (χ1) is 12.6. The van der Waals surface area contributed by atoms with Gasteiger partial charge in [-0.2, -0.15) is 0 Å². The van der Waals surface area contributed by atoms with Gasteiger partial charge in [0, 0.05) is 29.1 Å². The summed E-state index contributed by atoms with van der Waals surface area (Å²) < 4.78 is 19.1. The van der Waals surface area contributed by atoms with Crippen LogP contribution in [0, 0.1) is 5.82 Å². The zero-order valence-electron chi connectivity index (χ0n) is 14.7. The molecule has 1 heterocycles. The number of pyridine rings is 1. The van der Waals surface area contributed by atoms with E-state index >= 15 is 0 Å². The summed E-state index contributed by atoms with van der Waals surface area (Å²) >= 11 is 1.46. The molecule has 134 valence electrons. The summed E-state index contributed by atoms with van der Waals surface area (Å²) in [5, 5.41) is 1.20. The number of hydrogen-bond acceptors (Lipinski definition) is 4. The van der Waals surface area contributed by atoms with E-state index < -0.39 is 0 Å². The van der Waals surface area contributed by atoms with Crippen molar-refractivity contribution >= 4 is 28.5 Å². The second kappa shape index (κ2) is 8.32. The molecule has 0 fully saturated rings. The van der Waals surface area contributed by atoms with Gasteiger partial charge in [0.25, 0.3) is 0 Å². The molecular weight excluding hydrogens is 349 g/mol. The molecule has 0 bridgehead atoms. The number of benzene rings is 2. The van der Waals surface area contributed by atoms with Crippen LogP contribution in [-0.2, 0) is 16.0 Å². The number of ether oxygens (including phenoxy) is 1. The summed E-state index contributed by atoms with van der Waals surface area (Å²) in [6, 6.07) is 12.7. The number of aromatic nitrogens is 1. The standard InChI is InChI=1S/C21H20FNO2S/c1-3-25-21(24)14(2)26-20-10-11-23-13-16(20)12-15-8-9-19(22)18-7-5-4-6-17(15)18/h4-11,13-14H,3,12H2,1-2H3. The molecule has 0 spiro atoms. The van der Waals surface area contributed by atoms with Crippen LogP contribution in [-0.4, -0.2) is 22.8 Å². The van der Waals surface area contributed by atoms with E-state index in [-0.39, 0.29) is 17.0 Å². The first kappa shape index (κ1) is 18.4. The van der Waals surface area contributed by atoms with Crippen molar-refractivity contribution in [3.8, 4) is 0 Å². The molecule has 0 radical (unpaired) electrons. The van der Waals surface area contributed by atoms with Gasteiger partial charge in [-0.25, -0.2) is 4.39 Å². The number of nitrogens with zero attached hydrogens (tertiary/aromatic N) is 1. The minimum atomic E-state index is -0.305. The summed E-state index contributed by atoms with van der Waals surface area (Å²) in [6.45, 7) is 4.00. The van der Waals surface area contributed by atoms with E-state index in [0.29, 0.717) is 18.4 Å². The zero-order chi connectivity index (χ0) is 18.5. The molecule has 0 aliphatic heterocycles. The molecule has 1 aromatic heterocycles. The molecule has 0 N–H and O–H groups in total. The van der Waals surface area contributed by atoms with E-state index in [1.165, 1.54) is 17.8 Å². The van der Waals surface area contributed by atoms with Gasteiger partial charge >= 0.3 is 5.97 Å². The van der Waals surface area contributed by atoms with Gasteiger partial charge in [-0.3, -0.25) is 9.78 Å². The highest BCUT2D eigenvalue weighted by atomic mass is 32.2. The van der Waals surface area contributed by atoms with Crippen molar-refractivity contribution in [2.24, 2.45) is 0 Å². The van der Waals surface area contributed by atoms with Crippen LogP contribution < -0.4 is 0 Å². The Hall–Kier alpha value is -2.40. The van der Waals surface area contributed by atoms with Gasteiger partial charge in [-0.1, -0.05) is 30.3 Å². The first-order valence-electron chi connectivity index (χ1n) is 8.52. The monoisotopic (exact) mass is 369 g/mol. The van der Waals surface area contributed by atoms with Crippen molar-refractivity contribution in [2.75, 3.05) is 6.61 Å². The number of esters is 1. The van der Waals surface area contributed by atoms with Gasteiger partial charge in [0.05, 0.1) is 6.61 Å². The van der Waals surface area contributed by atoms with Gasteiger partial charge in [0.1, 0.15) is 11.1 Å². The lowest BCUT2D eigenvalue weighted by Gasteiger charge is -2.14. The fourth-order valence-electron chi connectivity index (χ4n) is 2.84. The van der Waals surface area contributed by atoms with Crippen LogP contribution in [0.3, 0.4) is 0 Å². The highest BCUT2D eigenvalue weighted by molar-refractivity contribution is 8.00. The van der Waals surface area contributed by atoms with Crippen LogP contribution in [0.2, 0.25) is 0 Å². The lowest BCUT2D eigenvalue weighted by Crippen LogP contribution is -2.16. The van der Waals surface area contributed by atoms with Crippen molar-refractivity contribution < 1.29 is 13.9 Å². The second-order valence-electron chi connectivity index (χ2n) is 5.92. The molecule has 1 unspecified atom stereocenters. The van der Waals surface area contributed by atoms with Crippen molar-refractivity contribution in [3.63, 3.8) is 0 Å². The van der Waals surface area contributed by atoms with Gasteiger partial charge < -0.3 is 4.74 Å². The van der Waals surface area contributed by atoms with Gasteiger partial charge in [0.15, 0.2) is 0 Å². The molecule has 0 aliphatic carbocycles. The fourth-order valence-corrected chi connectivity index (χ4v) is 3.81. The highest BCUT2D eigenvalue weighted by Crippen LogP contribution is 2.30. The molecule has 0 aliphatic rings. The molecule has 1 atom stereocenters. The Kier molecular flexibility index (Phi) is 5.89. The Morgan fingerprint density at radius 3 is 2.69 bits per heavy atom. The zero-order valence-corrected chi connectivity index (χ0v) is 15.6. The quantitative estimate of drug-likeness (QED) is 0.452. The third-order valence-corrected chi connectivity index (χ3v) is 5.32. The maximum absolute atomic E-state index is 14.0. The van der Waals surface area contributed by atoms with Crippen LogP contribution >= 0.6 is 11.8 Å². The lowest BCUT2D eigenvalue weighted by atomic mass is 9.99. The third-order valence-electron chi connectivity index (χ3n) is 4.12. The van der Waals surface area contributed by atoms with Crippen LogP contribution in [0.1, 0.15) is 25.0 Å². The Morgan fingerprint density at radius 2 is 1.92 bits per heavy atom. The minimum absolute atomic E-state index is 0.221. The normalized spacial score (nSPS) is 12.1. The molecule has 5 heteroatoms. The fraction of sp³-hybridized carbons (Fsp3) is 0.238. The molecule has 0 saturated heterocycles. The summed E-state index contributed by atoms with van der Waals surface area (Å²) in [5.74, 6) is -0.450. The van der Waals surface area contributed by atoms with Crippen LogP contribution in [0.25, 0.3) is 10.8 Å². The molecule has 3 rings (SSSR count). The van der Waals surface area contributed by atoms with Crippen LogP contribution in [0.5, 0.6) is 0 Å². The van der Waals surface area contributed by atoms with E-state index in [0.717, 1.165) is 21.4 Å². The summed E-state index contributed by atoms with van der Waals surface area (Å²) in [4.78, 5) is 17.1. The maximum Gasteiger partial charge on any atom is 0.319 e. The summed E-state index contributed by atoms with van der Waals surface area (Å²) in [6.07, 6.45) is 4.14. The number of thioether (sulfide) groups is 1. The number of halogens is 1. The lowest BCUT2D eigenvalue weighted by molar-refractivity contribution is -0.142. The average Bonchev–Trinajstić information content (AvgIpc) is 2.66. The molecular formula is C21H20FNO2S. The van der Waals surface area contributed by atoms with Gasteiger partial charge in [-0.05, 0) is 42.5 Å². The number of carbonyl (C=O) groups excluding carboxylic acids is 1. The smallest absolute Gasteiger partial charge is 0.319 e. The SMILES string of the molecule is CCOC(=O)C(C)Sc1ccncc1Cc1ccc(F)c2ccccc12. The average molecular weight is 369 g/mol. The first-order valence-corrected chi connectivity index (χ1v) is 9.40. The van der Waals surface area contributed by atoms with Crippen LogP contribution in [0.4, 0.5) is 4.39 Å². The molecule has 0 saturated carbocycles. The Morgan fingerprint density at radius 1 is 1.15 bits per heavy atom. The number of fused-ring (bicyclic) bond motifs is 1. The molecule has 3 aromatic rings. The second-order valence-corrected chi connectivity index (χ2v) is 7.31. The minimum Gasteiger partial charge on any atom is -0.465 e. The maximum atomic E-state index is 14.0. The molecule has 3 nitrogen and oxygen atoms in total. The molecule has 26 heavy (non-hydrogen) atoms. The Labute approximate surface area is 156 Å². The largest absolute Gasteiger partial charge is 0.465 e. The summed E-state index contributed by atoms with van der Waals surface area (Å²) in [7, 11) is 0. The van der Waals surface area contributed by atoms with E-state index in [1.54, 1.807) is 25.4 Å². The van der Waals surface area contributed by atoms with Crippen molar-refractivity contribution in [3.05, 3.63) is 71.8 Å². The van der Waals surface area contributed by atoms with Crippen molar-refractivity contribution in [2.45, 2.75) is 30.4 Å². The Bertz CT molecular complexity index is 929. The molecule has 2 aromatic carbocycles. The third kappa shape index (κ3) is 4.05. The van der Waals surface area contributed by atoms with Crippen molar-refractivity contribution in [1.29, 1.82) is 0 Å². The van der Waals surface area contributed by atoms with Gasteiger partial charge in [-0.15, -0.1) is 11.8 Å². The van der Waals surface area contributed by atoms with Crippen LogP contribution in [0.15, 0.2) is 59.8 Å². The highest BCUT2D eigenvalue weighted by Gasteiger charge is 2.18. The van der Waals surface area contributed by atoms with E-state index in [4.69, 9.17) is 4.74 Å². The summed E-state index contributed by atoms with van der Waals surface area (Å²) in [5.41, 5.74) is 2.03. The predicted molar refractivity (Wildman–Crippen MR) is 103 cm³/mol. The van der Waals surface area contributed by atoms with Crippen molar-refractivity contribution in [1.82, 2.24) is 4.98 Å². The van der Waals surface area contributed by atoms with E-state index in [9.17, 15) is 9.18 Å². The van der Waals surface area contributed by atoms with E-state index in [2.05, 4.69) is 4.98 Å². The Balaban J connectivity index is 1.90. The molecule has 0 amide bonds. The number of hydrogen-bond donors (Lipinski definition) is 0. The van der Waals surface area contributed by atoms with E-state index in [1.807, 2.05) is 37.3 Å². The number of carbonyl (C=O) groups is 1. The predicted octanol–water partition coefficient (Wildman–Crippen LogP) is 5.01. The topological polar surface area (TPSA) is 39.2 Å². The van der Waals surface area contributed by atoms with Gasteiger partial charge in [0.2, 0.25) is 0 Å².